The summed E-state index contributed by atoms with van der Waals surface area (Å²) >= 11 is 1.42. The molecule has 0 radical (unpaired) electrons. The molecule has 1 fully saturated rings. The van der Waals surface area contributed by atoms with Crippen molar-refractivity contribution in [3.8, 4) is 16.4 Å². The topological polar surface area (TPSA) is 71.3 Å². The Bertz CT molecular complexity index is 1400. The maximum Gasteiger partial charge on any atom is 0.293 e. The van der Waals surface area contributed by atoms with Crippen LogP contribution in [0.25, 0.3) is 16.4 Å². The third kappa shape index (κ3) is 4.54. The minimum Gasteiger partial charge on any atom is -0.335 e. The second-order valence-electron chi connectivity index (χ2n) is 7.84. The molecule has 5 rings (SSSR count). The molecule has 2 amide bonds. The van der Waals surface area contributed by atoms with Crippen molar-refractivity contribution in [3.63, 3.8) is 0 Å². The van der Waals surface area contributed by atoms with Gasteiger partial charge in [0, 0.05) is 31.7 Å². The Kier molecular flexibility index (Phi) is 6.08. The van der Waals surface area contributed by atoms with Gasteiger partial charge in [0.2, 0.25) is 5.82 Å². The molecule has 1 saturated heterocycles. The van der Waals surface area contributed by atoms with Crippen molar-refractivity contribution in [1.82, 2.24) is 24.6 Å². The normalized spacial score (nSPS) is 13.8. The summed E-state index contributed by atoms with van der Waals surface area (Å²) in [4.78, 5) is 34.0. The molecule has 0 saturated carbocycles. The van der Waals surface area contributed by atoms with E-state index in [1.165, 1.54) is 44.0 Å². The molecule has 0 aliphatic carbocycles. The summed E-state index contributed by atoms with van der Waals surface area (Å²) in [5.74, 6) is -3.04. The Morgan fingerprint density at radius 2 is 1.57 bits per heavy atom. The fourth-order valence-corrected chi connectivity index (χ4v) is 4.52. The van der Waals surface area contributed by atoms with E-state index >= 15 is 0 Å². The average molecular weight is 498 g/mol. The SMILES string of the molecule is O=C(c1ccc(F)c(F)c1)N1CCN(C(=O)c2nc(-c3cccs3)n(-c3cccc(F)c3)n2)CC1. The number of halogens is 3. The summed E-state index contributed by atoms with van der Waals surface area (Å²) in [6.45, 7) is 0.867. The van der Waals surface area contributed by atoms with E-state index in [-0.39, 0.29) is 37.6 Å². The van der Waals surface area contributed by atoms with Crippen LogP contribution in [0.2, 0.25) is 0 Å². The first-order valence-corrected chi connectivity index (χ1v) is 11.6. The highest BCUT2D eigenvalue weighted by molar-refractivity contribution is 7.13. The van der Waals surface area contributed by atoms with Crippen molar-refractivity contribution < 1.29 is 22.8 Å². The lowest BCUT2D eigenvalue weighted by Crippen LogP contribution is -2.50. The number of benzene rings is 2. The minimum absolute atomic E-state index is 0.0415. The number of thiophene rings is 1. The quantitative estimate of drug-likeness (QED) is 0.427. The molecule has 3 heterocycles. The number of aromatic nitrogens is 3. The zero-order chi connectivity index (χ0) is 24.5. The molecule has 0 bridgehead atoms. The van der Waals surface area contributed by atoms with E-state index in [4.69, 9.17) is 0 Å². The van der Waals surface area contributed by atoms with Gasteiger partial charge in [-0.25, -0.2) is 22.8 Å². The number of hydrogen-bond acceptors (Lipinski definition) is 5. The molecule has 2 aromatic carbocycles. The predicted octanol–water partition coefficient (Wildman–Crippen LogP) is 4.01. The largest absolute Gasteiger partial charge is 0.335 e. The molecule has 1 aliphatic heterocycles. The summed E-state index contributed by atoms with van der Waals surface area (Å²) in [5.41, 5.74) is 0.474. The van der Waals surface area contributed by atoms with Crippen LogP contribution in [0.1, 0.15) is 21.0 Å². The van der Waals surface area contributed by atoms with Crippen LogP contribution in [0.3, 0.4) is 0 Å². The van der Waals surface area contributed by atoms with E-state index in [1.807, 2.05) is 17.5 Å². The van der Waals surface area contributed by atoms with Gasteiger partial charge in [0.1, 0.15) is 5.82 Å². The Morgan fingerprint density at radius 1 is 0.829 bits per heavy atom. The van der Waals surface area contributed by atoms with Crippen LogP contribution in [0, 0.1) is 17.5 Å². The molecule has 0 spiro atoms. The molecule has 2 aromatic heterocycles. The molecular formula is C24H18F3N5O2S. The van der Waals surface area contributed by atoms with Crippen molar-refractivity contribution in [2.75, 3.05) is 26.2 Å². The third-order valence-corrected chi connectivity index (χ3v) is 6.48. The molecule has 178 valence electrons. The lowest BCUT2D eigenvalue weighted by molar-refractivity contribution is 0.0528. The molecule has 7 nitrogen and oxygen atoms in total. The van der Waals surface area contributed by atoms with E-state index in [1.54, 1.807) is 12.1 Å². The number of hydrogen-bond donors (Lipinski definition) is 0. The molecule has 35 heavy (non-hydrogen) atoms. The van der Waals surface area contributed by atoms with Crippen LogP contribution in [-0.4, -0.2) is 62.6 Å². The van der Waals surface area contributed by atoms with Gasteiger partial charge in [0.05, 0.1) is 10.6 Å². The highest BCUT2D eigenvalue weighted by atomic mass is 32.1. The van der Waals surface area contributed by atoms with Gasteiger partial charge >= 0.3 is 0 Å². The number of carbonyl (C=O) groups is 2. The molecule has 1 aliphatic rings. The van der Waals surface area contributed by atoms with Gasteiger partial charge in [-0.2, -0.15) is 0 Å². The van der Waals surface area contributed by atoms with Crippen molar-refractivity contribution in [1.29, 1.82) is 0 Å². The van der Waals surface area contributed by atoms with Crippen LogP contribution in [0.15, 0.2) is 60.0 Å². The standard InChI is InChI=1S/C24H18F3N5O2S/c25-16-3-1-4-17(14-16)32-22(20-5-2-12-35-20)28-21(29-32)24(34)31-10-8-30(9-11-31)23(33)15-6-7-18(26)19(27)13-15/h1-7,12-14H,8-11H2. The number of carbonyl (C=O) groups excluding carboxylic acids is 2. The fourth-order valence-electron chi connectivity index (χ4n) is 3.82. The summed E-state index contributed by atoms with van der Waals surface area (Å²) in [6.07, 6.45) is 0. The Labute approximate surface area is 202 Å². The van der Waals surface area contributed by atoms with E-state index in [9.17, 15) is 22.8 Å². The molecule has 11 heteroatoms. The average Bonchev–Trinajstić information content (AvgIpc) is 3.55. The second kappa shape index (κ2) is 9.34. The summed E-state index contributed by atoms with van der Waals surface area (Å²) in [5, 5.41) is 6.23. The van der Waals surface area contributed by atoms with Crippen molar-refractivity contribution in [2.45, 2.75) is 0 Å². The van der Waals surface area contributed by atoms with Gasteiger partial charge in [-0.05, 0) is 47.8 Å². The predicted molar refractivity (Wildman–Crippen MR) is 123 cm³/mol. The van der Waals surface area contributed by atoms with Crippen molar-refractivity contribution >= 4 is 23.2 Å². The maximum atomic E-state index is 13.8. The van der Waals surface area contributed by atoms with Gasteiger partial charge in [-0.15, -0.1) is 16.4 Å². The van der Waals surface area contributed by atoms with Crippen LogP contribution in [-0.2, 0) is 0 Å². The van der Waals surface area contributed by atoms with E-state index in [0.29, 0.717) is 11.5 Å². The molecule has 0 atom stereocenters. The summed E-state index contributed by atoms with van der Waals surface area (Å²) in [7, 11) is 0. The molecular weight excluding hydrogens is 479 g/mol. The lowest BCUT2D eigenvalue weighted by atomic mass is 10.1. The summed E-state index contributed by atoms with van der Waals surface area (Å²) < 4.78 is 42.0. The van der Waals surface area contributed by atoms with Crippen LogP contribution in [0.4, 0.5) is 13.2 Å². The molecule has 4 aromatic rings. The Balaban J connectivity index is 1.34. The van der Waals surface area contributed by atoms with Crippen LogP contribution in [0.5, 0.6) is 0 Å². The zero-order valence-corrected chi connectivity index (χ0v) is 19.0. The maximum absolute atomic E-state index is 13.8. The van der Waals surface area contributed by atoms with E-state index in [2.05, 4.69) is 10.1 Å². The van der Waals surface area contributed by atoms with Gasteiger partial charge in [0.15, 0.2) is 17.5 Å². The Hall–Kier alpha value is -3.99. The van der Waals surface area contributed by atoms with E-state index in [0.717, 1.165) is 17.0 Å². The zero-order valence-electron chi connectivity index (χ0n) is 18.2. The summed E-state index contributed by atoms with van der Waals surface area (Å²) in [6, 6.07) is 12.5. The first-order valence-electron chi connectivity index (χ1n) is 10.7. The number of rotatable bonds is 4. The second-order valence-corrected chi connectivity index (χ2v) is 8.79. The molecule has 0 N–H and O–H groups in total. The van der Waals surface area contributed by atoms with Crippen molar-refractivity contribution in [2.24, 2.45) is 0 Å². The van der Waals surface area contributed by atoms with Gasteiger partial charge in [0.25, 0.3) is 11.8 Å². The van der Waals surface area contributed by atoms with Crippen LogP contribution < -0.4 is 0 Å². The highest BCUT2D eigenvalue weighted by Gasteiger charge is 2.29. The Morgan fingerprint density at radius 3 is 2.23 bits per heavy atom. The lowest BCUT2D eigenvalue weighted by Gasteiger charge is -2.34. The highest BCUT2D eigenvalue weighted by Crippen LogP contribution is 2.26. The van der Waals surface area contributed by atoms with Crippen LogP contribution >= 0.6 is 11.3 Å². The smallest absolute Gasteiger partial charge is 0.293 e. The van der Waals surface area contributed by atoms with E-state index < -0.39 is 29.3 Å². The van der Waals surface area contributed by atoms with Gasteiger partial charge in [-0.1, -0.05) is 12.1 Å². The molecule has 0 unspecified atom stereocenters. The fraction of sp³-hybridized carbons (Fsp3) is 0.167. The minimum atomic E-state index is -1.09. The third-order valence-electron chi connectivity index (χ3n) is 5.61. The van der Waals surface area contributed by atoms with Gasteiger partial charge < -0.3 is 9.80 Å². The number of piperazine rings is 1. The monoisotopic (exact) mass is 497 g/mol. The first-order chi connectivity index (χ1) is 16.9. The number of nitrogens with zero attached hydrogens (tertiary/aromatic N) is 5. The number of amides is 2. The first kappa shape index (κ1) is 22.8. The van der Waals surface area contributed by atoms with Gasteiger partial charge in [-0.3, -0.25) is 9.59 Å². The van der Waals surface area contributed by atoms with Crippen molar-refractivity contribution in [3.05, 3.63) is 88.8 Å².